The number of alkyl carbamates (subject to hydrolysis) is 1. The van der Waals surface area contributed by atoms with Crippen LogP contribution in [-0.4, -0.2) is 40.5 Å². The molecule has 3 aromatic rings. The molecule has 1 aliphatic carbocycles. The van der Waals surface area contributed by atoms with E-state index in [1.807, 2.05) is 24.3 Å². The minimum absolute atomic E-state index is 0.0288. The smallest absolute Gasteiger partial charge is 0.407 e. The number of anilines is 1. The fourth-order valence-corrected chi connectivity index (χ4v) is 4.21. The molecule has 0 saturated heterocycles. The van der Waals surface area contributed by atoms with Gasteiger partial charge < -0.3 is 26.0 Å². The SMILES string of the molecule is Nc1ncc(Cl)cc1C(O)C(O)CCNC(=O)OCC1c2ccccc2-c2ccccc21. The number of halogens is 1. The van der Waals surface area contributed by atoms with E-state index in [4.69, 9.17) is 22.1 Å². The predicted molar refractivity (Wildman–Crippen MR) is 122 cm³/mol. The number of nitrogens with zero attached hydrogens (tertiary/aromatic N) is 1. The van der Waals surface area contributed by atoms with Crippen LogP contribution in [0.25, 0.3) is 11.1 Å². The van der Waals surface area contributed by atoms with Crippen molar-refractivity contribution in [2.75, 3.05) is 18.9 Å². The lowest BCUT2D eigenvalue weighted by Crippen LogP contribution is -2.31. The topological polar surface area (TPSA) is 118 Å². The summed E-state index contributed by atoms with van der Waals surface area (Å²) in [7, 11) is 0. The van der Waals surface area contributed by atoms with Crippen LogP contribution in [0.5, 0.6) is 0 Å². The maximum atomic E-state index is 12.2. The molecule has 0 radical (unpaired) electrons. The number of nitrogens with two attached hydrogens (primary N) is 1. The van der Waals surface area contributed by atoms with Crippen molar-refractivity contribution in [3.8, 4) is 11.1 Å². The Balaban J connectivity index is 1.29. The second kappa shape index (κ2) is 9.56. The van der Waals surface area contributed by atoms with Crippen LogP contribution in [0.4, 0.5) is 10.6 Å². The molecule has 7 nitrogen and oxygen atoms in total. The van der Waals surface area contributed by atoms with Crippen LogP contribution in [-0.2, 0) is 4.74 Å². The Bertz CT molecular complexity index is 1080. The zero-order valence-electron chi connectivity index (χ0n) is 17.2. The molecule has 5 N–H and O–H groups in total. The summed E-state index contributed by atoms with van der Waals surface area (Å²) in [5.41, 5.74) is 10.6. The van der Waals surface area contributed by atoms with Gasteiger partial charge in [0.25, 0.3) is 0 Å². The number of pyridine rings is 1. The maximum Gasteiger partial charge on any atom is 0.407 e. The van der Waals surface area contributed by atoms with Gasteiger partial charge in [-0.25, -0.2) is 9.78 Å². The summed E-state index contributed by atoms with van der Waals surface area (Å²) in [5.74, 6) is 0.0595. The Morgan fingerprint density at radius 1 is 1.12 bits per heavy atom. The predicted octanol–water partition coefficient (Wildman–Crippen LogP) is 3.64. The molecule has 0 aliphatic heterocycles. The van der Waals surface area contributed by atoms with Crippen LogP contribution >= 0.6 is 11.6 Å². The first kappa shape index (κ1) is 22.1. The van der Waals surface area contributed by atoms with Crippen LogP contribution in [0.1, 0.15) is 35.1 Å². The zero-order valence-corrected chi connectivity index (χ0v) is 18.0. The molecular formula is C24H24ClN3O4. The van der Waals surface area contributed by atoms with Crippen LogP contribution < -0.4 is 11.1 Å². The number of hydrogen-bond donors (Lipinski definition) is 4. The number of benzene rings is 2. The molecule has 1 aromatic heterocycles. The number of aliphatic hydroxyl groups is 2. The van der Waals surface area contributed by atoms with Gasteiger partial charge in [-0.2, -0.15) is 0 Å². The molecule has 0 spiro atoms. The van der Waals surface area contributed by atoms with Gasteiger partial charge in [0.05, 0.1) is 11.1 Å². The number of nitrogens with one attached hydrogen (secondary N) is 1. The summed E-state index contributed by atoms with van der Waals surface area (Å²) in [5, 5.41) is 23.5. The molecule has 1 amide bonds. The third kappa shape index (κ3) is 4.55. The second-order valence-electron chi connectivity index (χ2n) is 7.68. The Labute approximate surface area is 190 Å². The number of aromatic nitrogens is 1. The summed E-state index contributed by atoms with van der Waals surface area (Å²) in [6.07, 6.45) is -1.57. The fraction of sp³-hybridized carbons (Fsp3) is 0.250. The van der Waals surface area contributed by atoms with Crippen LogP contribution in [0, 0.1) is 0 Å². The molecule has 2 aromatic carbocycles. The highest BCUT2D eigenvalue weighted by molar-refractivity contribution is 6.30. The molecule has 8 heteroatoms. The van der Waals surface area contributed by atoms with Crippen molar-refractivity contribution < 1.29 is 19.7 Å². The highest BCUT2D eigenvalue weighted by Gasteiger charge is 2.29. The Morgan fingerprint density at radius 2 is 1.75 bits per heavy atom. The number of ether oxygens (including phenoxy) is 1. The first-order chi connectivity index (χ1) is 15.5. The summed E-state index contributed by atoms with van der Waals surface area (Å²) >= 11 is 5.88. The molecule has 166 valence electrons. The lowest BCUT2D eigenvalue weighted by atomic mass is 9.98. The highest BCUT2D eigenvalue weighted by Crippen LogP contribution is 2.44. The molecule has 2 atom stereocenters. The number of amides is 1. The number of carbonyl (C=O) groups is 1. The average molecular weight is 454 g/mol. The van der Waals surface area contributed by atoms with Gasteiger partial charge in [0, 0.05) is 24.2 Å². The van der Waals surface area contributed by atoms with Gasteiger partial charge >= 0.3 is 6.09 Å². The maximum absolute atomic E-state index is 12.2. The fourth-order valence-electron chi connectivity index (χ4n) is 4.04. The van der Waals surface area contributed by atoms with Crippen LogP contribution in [0.15, 0.2) is 60.8 Å². The standard InChI is InChI=1S/C24H24ClN3O4/c25-14-11-19(23(26)28-12-14)22(30)21(29)9-10-27-24(31)32-13-20-17-7-3-1-5-15(17)16-6-2-4-8-18(16)20/h1-8,11-12,20-22,29-30H,9-10,13H2,(H2,26,28)(H,27,31). The van der Waals surface area contributed by atoms with Crippen molar-refractivity contribution in [3.63, 3.8) is 0 Å². The lowest BCUT2D eigenvalue weighted by molar-refractivity contribution is 0.0139. The third-order valence-electron chi connectivity index (χ3n) is 5.65. The van der Waals surface area contributed by atoms with Crippen molar-refractivity contribution in [3.05, 3.63) is 82.5 Å². The molecule has 1 heterocycles. The van der Waals surface area contributed by atoms with Gasteiger partial charge in [-0.05, 0) is 34.7 Å². The minimum atomic E-state index is -1.27. The van der Waals surface area contributed by atoms with Crippen molar-refractivity contribution in [1.29, 1.82) is 0 Å². The monoisotopic (exact) mass is 453 g/mol. The van der Waals surface area contributed by atoms with E-state index in [-0.39, 0.29) is 36.9 Å². The molecule has 2 unspecified atom stereocenters. The van der Waals surface area contributed by atoms with Crippen molar-refractivity contribution in [1.82, 2.24) is 10.3 Å². The molecule has 0 fully saturated rings. The third-order valence-corrected chi connectivity index (χ3v) is 5.86. The van der Waals surface area contributed by atoms with E-state index >= 15 is 0 Å². The Morgan fingerprint density at radius 3 is 2.41 bits per heavy atom. The Hall–Kier alpha value is -3.13. The number of fused-ring (bicyclic) bond motifs is 3. The van der Waals surface area contributed by atoms with Crippen LogP contribution in [0.2, 0.25) is 5.02 Å². The van der Waals surface area contributed by atoms with Crippen molar-refractivity contribution in [2.45, 2.75) is 24.5 Å². The van der Waals surface area contributed by atoms with Gasteiger partial charge in [-0.15, -0.1) is 0 Å². The van der Waals surface area contributed by atoms with Gasteiger partial charge in [0.15, 0.2) is 0 Å². The molecule has 0 saturated carbocycles. The van der Waals surface area contributed by atoms with E-state index in [1.54, 1.807) is 0 Å². The molecular weight excluding hydrogens is 430 g/mol. The zero-order chi connectivity index (χ0) is 22.7. The first-order valence-electron chi connectivity index (χ1n) is 10.3. The summed E-state index contributed by atoms with van der Waals surface area (Å²) in [4.78, 5) is 16.1. The quantitative estimate of drug-likeness (QED) is 0.434. The van der Waals surface area contributed by atoms with Gasteiger partial charge in [-0.1, -0.05) is 60.1 Å². The number of hydrogen-bond acceptors (Lipinski definition) is 6. The first-order valence-corrected chi connectivity index (χ1v) is 10.7. The van der Waals surface area contributed by atoms with E-state index in [0.717, 1.165) is 22.3 Å². The molecule has 4 rings (SSSR count). The van der Waals surface area contributed by atoms with Crippen LogP contribution in [0.3, 0.4) is 0 Å². The summed E-state index contributed by atoms with van der Waals surface area (Å²) < 4.78 is 5.46. The molecule has 32 heavy (non-hydrogen) atoms. The van der Waals surface area contributed by atoms with Gasteiger partial charge in [0.2, 0.25) is 0 Å². The van der Waals surface area contributed by atoms with Crippen molar-refractivity contribution in [2.24, 2.45) is 0 Å². The largest absolute Gasteiger partial charge is 0.449 e. The Kier molecular flexibility index (Phi) is 6.60. The van der Waals surface area contributed by atoms with E-state index in [1.165, 1.54) is 12.3 Å². The number of carbonyl (C=O) groups excluding carboxylic acids is 1. The van der Waals surface area contributed by atoms with E-state index in [0.29, 0.717) is 5.02 Å². The summed E-state index contributed by atoms with van der Waals surface area (Å²) in [6, 6.07) is 17.7. The number of rotatable bonds is 7. The van der Waals surface area contributed by atoms with E-state index < -0.39 is 18.3 Å². The van der Waals surface area contributed by atoms with E-state index in [2.05, 4.69) is 34.6 Å². The number of nitrogen functional groups attached to an aromatic ring is 1. The lowest BCUT2D eigenvalue weighted by Gasteiger charge is -2.19. The van der Waals surface area contributed by atoms with Gasteiger partial charge in [0.1, 0.15) is 18.5 Å². The van der Waals surface area contributed by atoms with Gasteiger partial charge in [-0.3, -0.25) is 0 Å². The minimum Gasteiger partial charge on any atom is -0.449 e. The highest BCUT2D eigenvalue weighted by atomic mass is 35.5. The van der Waals surface area contributed by atoms with Crippen molar-refractivity contribution >= 4 is 23.5 Å². The number of aliphatic hydroxyl groups excluding tert-OH is 2. The molecule has 1 aliphatic rings. The average Bonchev–Trinajstić information content (AvgIpc) is 3.12. The molecule has 0 bridgehead atoms. The second-order valence-corrected chi connectivity index (χ2v) is 8.12. The normalized spacial score (nSPS) is 14.3. The summed E-state index contributed by atoms with van der Waals surface area (Å²) in [6.45, 7) is 0.318. The van der Waals surface area contributed by atoms with E-state index in [9.17, 15) is 15.0 Å².